The molecule has 1 aromatic carbocycles. The van der Waals surface area contributed by atoms with E-state index in [9.17, 15) is 4.79 Å². The number of nitrogens with one attached hydrogen (secondary N) is 1. The summed E-state index contributed by atoms with van der Waals surface area (Å²) in [6.45, 7) is 0.431. The van der Waals surface area contributed by atoms with Crippen molar-refractivity contribution in [3.8, 4) is 0 Å². The number of hydrogen-bond donors (Lipinski definition) is 2. The predicted molar refractivity (Wildman–Crippen MR) is 123 cm³/mol. The fourth-order valence-electron chi connectivity index (χ4n) is 3.32. The summed E-state index contributed by atoms with van der Waals surface area (Å²) in [5.41, 5.74) is 10.5. The minimum Gasteiger partial charge on any atom is -0.384 e. The molecule has 6 heteroatoms. The van der Waals surface area contributed by atoms with Crippen molar-refractivity contribution in [1.82, 2.24) is 20.3 Å². The highest BCUT2D eigenvalue weighted by Crippen LogP contribution is 2.16. The maximum absolute atomic E-state index is 11.9. The Morgan fingerprint density at radius 3 is 2.77 bits per heavy atom. The van der Waals surface area contributed by atoms with E-state index in [-0.39, 0.29) is 5.91 Å². The zero-order valence-corrected chi connectivity index (χ0v) is 17.0. The average molecular weight is 409 g/mol. The summed E-state index contributed by atoms with van der Waals surface area (Å²) in [6.07, 6.45) is 11.6. The number of allylic oxidation sites excluding steroid dienone is 1. The van der Waals surface area contributed by atoms with E-state index in [0.717, 1.165) is 28.6 Å². The van der Waals surface area contributed by atoms with Crippen LogP contribution in [0.4, 0.5) is 5.82 Å². The Hall–Kier alpha value is -4.06. The number of carbonyl (C=O) groups is 1. The van der Waals surface area contributed by atoms with Crippen molar-refractivity contribution in [2.24, 2.45) is 0 Å². The second kappa shape index (κ2) is 9.63. The minimum atomic E-state index is -0.149. The predicted octanol–water partition coefficient (Wildman–Crippen LogP) is 4.18. The van der Waals surface area contributed by atoms with Gasteiger partial charge in [-0.1, -0.05) is 24.3 Å². The van der Waals surface area contributed by atoms with Crippen molar-refractivity contribution < 1.29 is 4.79 Å². The molecule has 1 aliphatic carbocycles. The van der Waals surface area contributed by atoms with E-state index < -0.39 is 0 Å². The molecule has 154 valence electrons. The normalized spacial score (nSPS) is 11.9. The van der Waals surface area contributed by atoms with E-state index in [1.807, 2.05) is 36.5 Å². The first kappa shape index (κ1) is 20.2. The molecule has 5 rings (SSSR count). The lowest BCUT2D eigenvalue weighted by Crippen LogP contribution is -2.22. The van der Waals surface area contributed by atoms with Crippen LogP contribution in [0.25, 0.3) is 17.0 Å². The number of aryl methyl sites for hydroxylation is 1. The van der Waals surface area contributed by atoms with Crippen molar-refractivity contribution >= 4 is 28.7 Å². The Balaban J connectivity index is 0.000000192. The zero-order chi connectivity index (χ0) is 21.5. The number of fused-ring (bicyclic) bond motifs is 2. The first-order valence-corrected chi connectivity index (χ1v) is 10.1. The van der Waals surface area contributed by atoms with Gasteiger partial charge >= 0.3 is 0 Å². The van der Waals surface area contributed by atoms with Crippen LogP contribution in [0.3, 0.4) is 0 Å². The molecule has 3 N–H and O–H groups in total. The Bertz CT molecular complexity index is 1220. The smallest absolute Gasteiger partial charge is 0.253 e. The first-order chi connectivity index (χ1) is 15.2. The Labute approximate surface area is 180 Å². The number of benzene rings is 1. The van der Waals surface area contributed by atoms with Gasteiger partial charge in [-0.2, -0.15) is 0 Å². The summed E-state index contributed by atoms with van der Waals surface area (Å²) in [7, 11) is 0. The van der Waals surface area contributed by atoms with E-state index in [4.69, 9.17) is 5.73 Å². The summed E-state index contributed by atoms with van der Waals surface area (Å²) in [6, 6.07) is 17.2. The molecule has 0 atom stereocenters. The fourth-order valence-corrected chi connectivity index (χ4v) is 3.32. The van der Waals surface area contributed by atoms with Gasteiger partial charge in [-0.3, -0.25) is 14.8 Å². The van der Waals surface area contributed by atoms with Crippen LogP contribution >= 0.6 is 0 Å². The van der Waals surface area contributed by atoms with Gasteiger partial charge in [0.2, 0.25) is 0 Å². The molecule has 1 amide bonds. The van der Waals surface area contributed by atoms with Gasteiger partial charge in [-0.25, -0.2) is 4.98 Å². The molecule has 0 bridgehead atoms. The Morgan fingerprint density at radius 1 is 1.06 bits per heavy atom. The molecule has 4 aromatic rings. The molecule has 0 saturated carbocycles. The van der Waals surface area contributed by atoms with Crippen molar-refractivity contribution in [2.75, 3.05) is 5.73 Å². The number of hydrogen-bond acceptors (Lipinski definition) is 5. The number of aromatic nitrogens is 3. The maximum atomic E-state index is 11.9. The second-order valence-corrected chi connectivity index (χ2v) is 7.18. The highest BCUT2D eigenvalue weighted by molar-refractivity contribution is 5.93. The molecule has 3 aromatic heterocycles. The number of rotatable bonds is 3. The van der Waals surface area contributed by atoms with Gasteiger partial charge in [-0.15, -0.1) is 0 Å². The van der Waals surface area contributed by atoms with Gasteiger partial charge in [0.15, 0.2) is 0 Å². The molecule has 0 fully saturated rings. The number of nitrogen functional groups attached to an aromatic ring is 1. The lowest BCUT2D eigenvalue weighted by atomic mass is 10.0. The van der Waals surface area contributed by atoms with Crippen LogP contribution in [-0.2, 0) is 13.0 Å². The van der Waals surface area contributed by atoms with Crippen molar-refractivity contribution in [1.29, 1.82) is 0 Å². The van der Waals surface area contributed by atoms with Gasteiger partial charge in [0, 0.05) is 30.5 Å². The summed E-state index contributed by atoms with van der Waals surface area (Å²) < 4.78 is 0. The van der Waals surface area contributed by atoms with Crippen LogP contribution in [0.5, 0.6) is 0 Å². The number of nitrogens with zero attached hydrogens (tertiary/aromatic N) is 3. The monoisotopic (exact) mass is 409 g/mol. The molecular formula is C25H23N5O. The van der Waals surface area contributed by atoms with Gasteiger partial charge in [0.1, 0.15) is 5.82 Å². The molecule has 31 heavy (non-hydrogen) atoms. The van der Waals surface area contributed by atoms with E-state index in [1.165, 1.54) is 18.2 Å². The zero-order valence-electron chi connectivity index (χ0n) is 17.0. The van der Waals surface area contributed by atoms with E-state index in [2.05, 4.69) is 38.5 Å². The topological polar surface area (TPSA) is 93.8 Å². The van der Waals surface area contributed by atoms with E-state index in [1.54, 1.807) is 24.4 Å². The highest BCUT2D eigenvalue weighted by atomic mass is 16.1. The van der Waals surface area contributed by atoms with Crippen molar-refractivity contribution in [3.63, 3.8) is 0 Å². The lowest BCUT2D eigenvalue weighted by molar-refractivity contribution is 0.0950. The van der Waals surface area contributed by atoms with Crippen LogP contribution in [0.1, 0.15) is 33.6 Å². The van der Waals surface area contributed by atoms with Gasteiger partial charge < -0.3 is 11.1 Å². The van der Waals surface area contributed by atoms with Crippen LogP contribution in [0.2, 0.25) is 0 Å². The number of nitrogens with two attached hydrogens (primary N) is 1. The standard InChI is InChI=1S/C16H14N4O.C9H9N/c17-15-6-5-12-4-3-11(8-14(12)20-15)9-19-16(21)13-2-1-7-18-10-13;1-2-6-9-8(4-1)5-3-7-10-9/h1-8,10H,9H2,(H2,17,20)(H,19,21);2-3,5-7H,1,4H2. The van der Waals surface area contributed by atoms with Gasteiger partial charge in [0.25, 0.3) is 5.91 Å². The van der Waals surface area contributed by atoms with E-state index in [0.29, 0.717) is 17.9 Å². The van der Waals surface area contributed by atoms with Crippen LogP contribution in [0.15, 0.2) is 79.3 Å². The SMILES string of the molecule is C1=Cc2ncccc2CC1.Nc1ccc2ccc(CNC(=O)c3cccnc3)cc2n1. The van der Waals surface area contributed by atoms with Gasteiger partial charge in [-0.05, 0) is 66.4 Å². The molecule has 0 saturated heterocycles. The van der Waals surface area contributed by atoms with Gasteiger partial charge in [0.05, 0.1) is 16.8 Å². The second-order valence-electron chi connectivity index (χ2n) is 7.18. The Kier molecular flexibility index (Phi) is 6.28. The maximum Gasteiger partial charge on any atom is 0.253 e. The number of amides is 1. The summed E-state index contributed by atoms with van der Waals surface area (Å²) in [5.74, 6) is 0.336. The quantitative estimate of drug-likeness (QED) is 0.529. The summed E-state index contributed by atoms with van der Waals surface area (Å²) in [4.78, 5) is 24.4. The third-order valence-corrected chi connectivity index (χ3v) is 4.94. The highest BCUT2D eigenvalue weighted by Gasteiger charge is 2.05. The average Bonchev–Trinajstić information content (AvgIpc) is 2.83. The number of pyridine rings is 3. The largest absolute Gasteiger partial charge is 0.384 e. The third-order valence-electron chi connectivity index (χ3n) is 4.94. The van der Waals surface area contributed by atoms with Crippen LogP contribution < -0.4 is 11.1 Å². The first-order valence-electron chi connectivity index (χ1n) is 10.1. The lowest BCUT2D eigenvalue weighted by Gasteiger charge is -2.06. The molecule has 6 nitrogen and oxygen atoms in total. The number of anilines is 1. The molecular weight excluding hydrogens is 386 g/mol. The van der Waals surface area contributed by atoms with Crippen molar-refractivity contribution in [2.45, 2.75) is 19.4 Å². The van der Waals surface area contributed by atoms with E-state index >= 15 is 0 Å². The minimum absolute atomic E-state index is 0.149. The van der Waals surface area contributed by atoms with Crippen LogP contribution in [0, 0.1) is 0 Å². The molecule has 3 heterocycles. The Morgan fingerprint density at radius 2 is 1.94 bits per heavy atom. The molecule has 0 spiro atoms. The third kappa shape index (κ3) is 5.30. The molecule has 0 radical (unpaired) electrons. The summed E-state index contributed by atoms with van der Waals surface area (Å²) in [5, 5.41) is 3.88. The number of carbonyl (C=O) groups excluding carboxylic acids is 1. The molecule has 0 unspecified atom stereocenters. The van der Waals surface area contributed by atoms with Crippen molar-refractivity contribution in [3.05, 3.63) is 102 Å². The van der Waals surface area contributed by atoms with Crippen LogP contribution in [-0.4, -0.2) is 20.9 Å². The molecule has 1 aliphatic rings. The summed E-state index contributed by atoms with van der Waals surface area (Å²) >= 11 is 0. The fraction of sp³-hybridized carbons (Fsp3) is 0.120. The molecule has 0 aliphatic heterocycles.